The van der Waals surface area contributed by atoms with Crippen molar-refractivity contribution in [3.05, 3.63) is 47.5 Å². The van der Waals surface area contributed by atoms with Crippen LogP contribution in [-0.4, -0.2) is 32.5 Å². The van der Waals surface area contributed by atoms with E-state index in [1.54, 1.807) is 4.90 Å². The van der Waals surface area contributed by atoms with Crippen LogP contribution >= 0.6 is 0 Å². The van der Waals surface area contributed by atoms with E-state index >= 15 is 0 Å². The Morgan fingerprint density at radius 2 is 2.05 bits per heavy atom. The fraction of sp³-hybridized carbons (Fsp3) is 0.357. The second kappa shape index (κ2) is 6.13. The van der Waals surface area contributed by atoms with E-state index < -0.39 is 0 Å². The highest BCUT2D eigenvalue weighted by Gasteiger charge is 2.17. The van der Waals surface area contributed by atoms with Crippen molar-refractivity contribution in [1.82, 2.24) is 20.1 Å². The number of carbonyl (C=O) groups is 1. The number of H-pyrrole nitrogens is 1. The van der Waals surface area contributed by atoms with Gasteiger partial charge in [0.1, 0.15) is 6.33 Å². The molecule has 1 amide bonds. The van der Waals surface area contributed by atoms with Gasteiger partial charge in [0, 0.05) is 13.1 Å². The lowest BCUT2D eigenvalue weighted by molar-refractivity contribution is 0.0731. The molecule has 0 saturated carbocycles. The van der Waals surface area contributed by atoms with Gasteiger partial charge in [-0.1, -0.05) is 36.8 Å². The van der Waals surface area contributed by atoms with Gasteiger partial charge in [0.05, 0.1) is 0 Å². The fourth-order valence-electron chi connectivity index (χ4n) is 1.89. The van der Waals surface area contributed by atoms with E-state index in [1.165, 1.54) is 11.9 Å². The van der Waals surface area contributed by atoms with E-state index in [0.29, 0.717) is 18.9 Å². The second-order valence-electron chi connectivity index (χ2n) is 4.55. The Hall–Kier alpha value is -2.17. The van der Waals surface area contributed by atoms with Crippen LogP contribution in [0.4, 0.5) is 0 Å². The highest BCUT2D eigenvalue weighted by Crippen LogP contribution is 2.09. The van der Waals surface area contributed by atoms with Crippen molar-refractivity contribution < 1.29 is 4.79 Å². The SMILES string of the molecule is CCCN(Cc1ccc(C)cc1)C(=O)c1ncn[nH]1. The van der Waals surface area contributed by atoms with Crippen LogP contribution in [0.1, 0.15) is 35.1 Å². The summed E-state index contributed by atoms with van der Waals surface area (Å²) in [4.78, 5) is 18.0. The average molecular weight is 258 g/mol. The van der Waals surface area contributed by atoms with E-state index in [-0.39, 0.29) is 5.91 Å². The number of carbonyl (C=O) groups excluding carboxylic acids is 1. The largest absolute Gasteiger partial charge is 0.332 e. The van der Waals surface area contributed by atoms with Crippen LogP contribution < -0.4 is 0 Å². The topological polar surface area (TPSA) is 61.9 Å². The number of benzene rings is 1. The molecular formula is C14H18N4O. The molecule has 0 aliphatic carbocycles. The van der Waals surface area contributed by atoms with Gasteiger partial charge in [-0.25, -0.2) is 4.98 Å². The highest BCUT2D eigenvalue weighted by atomic mass is 16.2. The van der Waals surface area contributed by atoms with Crippen LogP contribution in [0.2, 0.25) is 0 Å². The molecular weight excluding hydrogens is 240 g/mol. The van der Waals surface area contributed by atoms with Gasteiger partial charge in [-0.3, -0.25) is 9.89 Å². The monoisotopic (exact) mass is 258 g/mol. The standard InChI is InChI=1S/C14H18N4O/c1-3-8-18(14(19)13-15-10-16-17-13)9-12-6-4-11(2)5-7-12/h4-7,10H,3,8-9H2,1-2H3,(H,15,16,17). The molecule has 2 aromatic rings. The van der Waals surface area contributed by atoms with E-state index in [2.05, 4.69) is 34.2 Å². The van der Waals surface area contributed by atoms with Crippen LogP contribution in [0.25, 0.3) is 0 Å². The smallest absolute Gasteiger partial charge is 0.291 e. The van der Waals surface area contributed by atoms with Crippen LogP contribution in [0, 0.1) is 6.92 Å². The van der Waals surface area contributed by atoms with Gasteiger partial charge in [-0.05, 0) is 18.9 Å². The number of aromatic nitrogens is 3. The number of aromatic amines is 1. The summed E-state index contributed by atoms with van der Waals surface area (Å²) in [7, 11) is 0. The van der Waals surface area contributed by atoms with Crippen LogP contribution in [0.15, 0.2) is 30.6 Å². The number of hydrogen-bond acceptors (Lipinski definition) is 3. The number of amides is 1. The van der Waals surface area contributed by atoms with E-state index in [4.69, 9.17) is 0 Å². The number of aryl methyl sites for hydroxylation is 1. The Labute approximate surface area is 112 Å². The molecule has 0 spiro atoms. The molecule has 0 aliphatic heterocycles. The molecule has 0 unspecified atom stereocenters. The van der Waals surface area contributed by atoms with Gasteiger partial charge in [0.2, 0.25) is 5.82 Å². The minimum Gasteiger partial charge on any atom is -0.332 e. The van der Waals surface area contributed by atoms with E-state index in [9.17, 15) is 4.79 Å². The molecule has 5 nitrogen and oxygen atoms in total. The van der Waals surface area contributed by atoms with Gasteiger partial charge in [-0.2, -0.15) is 5.10 Å². The van der Waals surface area contributed by atoms with E-state index in [0.717, 1.165) is 12.0 Å². The lowest BCUT2D eigenvalue weighted by atomic mass is 10.1. The molecule has 0 fully saturated rings. The minimum atomic E-state index is -0.111. The zero-order chi connectivity index (χ0) is 13.7. The molecule has 0 saturated heterocycles. The molecule has 1 aromatic heterocycles. The molecule has 1 aromatic carbocycles. The van der Waals surface area contributed by atoms with Crippen LogP contribution in [0.5, 0.6) is 0 Å². The summed E-state index contributed by atoms with van der Waals surface area (Å²) in [5, 5.41) is 6.34. The van der Waals surface area contributed by atoms with Gasteiger partial charge in [-0.15, -0.1) is 0 Å². The predicted octanol–water partition coefficient (Wildman–Crippen LogP) is 2.17. The quantitative estimate of drug-likeness (QED) is 0.894. The zero-order valence-corrected chi connectivity index (χ0v) is 11.3. The predicted molar refractivity (Wildman–Crippen MR) is 72.6 cm³/mol. The van der Waals surface area contributed by atoms with Crippen molar-refractivity contribution in [2.45, 2.75) is 26.8 Å². The first-order valence-electron chi connectivity index (χ1n) is 6.41. The first-order chi connectivity index (χ1) is 9.20. The third-order valence-corrected chi connectivity index (χ3v) is 2.89. The van der Waals surface area contributed by atoms with Crippen molar-refractivity contribution in [1.29, 1.82) is 0 Å². The Morgan fingerprint density at radius 1 is 1.32 bits per heavy atom. The molecule has 19 heavy (non-hydrogen) atoms. The summed E-state index contributed by atoms with van der Waals surface area (Å²) < 4.78 is 0. The Morgan fingerprint density at radius 3 is 2.63 bits per heavy atom. The number of nitrogens with zero attached hydrogens (tertiary/aromatic N) is 3. The van der Waals surface area contributed by atoms with Crippen LogP contribution in [-0.2, 0) is 6.54 Å². The zero-order valence-electron chi connectivity index (χ0n) is 11.3. The third kappa shape index (κ3) is 3.40. The fourth-order valence-corrected chi connectivity index (χ4v) is 1.89. The molecule has 1 N–H and O–H groups in total. The highest BCUT2D eigenvalue weighted by molar-refractivity contribution is 5.90. The molecule has 0 radical (unpaired) electrons. The van der Waals surface area contributed by atoms with Crippen molar-refractivity contribution in [3.8, 4) is 0 Å². The van der Waals surface area contributed by atoms with Gasteiger partial charge in [0.25, 0.3) is 5.91 Å². The summed E-state index contributed by atoms with van der Waals surface area (Å²) >= 11 is 0. The Bertz CT molecular complexity index is 519. The van der Waals surface area contributed by atoms with Crippen LogP contribution in [0.3, 0.4) is 0 Å². The minimum absolute atomic E-state index is 0.111. The molecule has 0 bridgehead atoms. The molecule has 0 aliphatic rings. The summed E-state index contributed by atoms with van der Waals surface area (Å²) in [5.41, 5.74) is 2.33. The van der Waals surface area contributed by atoms with Gasteiger partial charge in [0.15, 0.2) is 0 Å². The molecule has 1 heterocycles. The maximum atomic E-state index is 12.3. The average Bonchev–Trinajstić information content (AvgIpc) is 2.94. The Balaban J connectivity index is 2.11. The Kier molecular flexibility index (Phi) is 4.28. The maximum Gasteiger partial charge on any atom is 0.291 e. The molecule has 0 atom stereocenters. The second-order valence-corrected chi connectivity index (χ2v) is 4.55. The van der Waals surface area contributed by atoms with Gasteiger partial charge < -0.3 is 4.90 Å². The maximum absolute atomic E-state index is 12.3. The normalized spacial score (nSPS) is 10.4. The lowest BCUT2D eigenvalue weighted by Gasteiger charge is -2.21. The number of hydrogen-bond donors (Lipinski definition) is 1. The number of rotatable bonds is 5. The molecule has 5 heteroatoms. The van der Waals surface area contributed by atoms with Crippen molar-refractivity contribution in [3.63, 3.8) is 0 Å². The summed E-state index contributed by atoms with van der Waals surface area (Å²) in [6, 6.07) is 8.20. The van der Waals surface area contributed by atoms with E-state index in [1.807, 2.05) is 19.1 Å². The van der Waals surface area contributed by atoms with Crippen molar-refractivity contribution in [2.75, 3.05) is 6.54 Å². The summed E-state index contributed by atoms with van der Waals surface area (Å²) in [6.07, 6.45) is 2.26. The summed E-state index contributed by atoms with van der Waals surface area (Å²) in [6.45, 7) is 5.39. The number of nitrogens with one attached hydrogen (secondary N) is 1. The van der Waals surface area contributed by atoms with Crippen molar-refractivity contribution in [2.24, 2.45) is 0 Å². The third-order valence-electron chi connectivity index (χ3n) is 2.89. The first-order valence-corrected chi connectivity index (χ1v) is 6.41. The lowest BCUT2D eigenvalue weighted by Crippen LogP contribution is -2.32. The molecule has 2 rings (SSSR count). The molecule has 100 valence electrons. The van der Waals surface area contributed by atoms with Crippen molar-refractivity contribution >= 4 is 5.91 Å². The summed E-state index contributed by atoms with van der Waals surface area (Å²) in [5.74, 6) is 0.181. The van der Waals surface area contributed by atoms with Gasteiger partial charge >= 0.3 is 0 Å². The first kappa shape index (κ1) is 13.3.